The summed E-state index contributed by atoms with van der Waals surface area (Å²) in [5, 5.41) is 16.8. The van der Waals surface area contributed by atoms with Gasteiger partial charge in [-0.05, 0) is 15.2 Å². The third kappa shape index (κ3) is 17.0. The minimum Gasteiger partial charge on any atom is -0.809 e. The van der Waals surface area contributed by atoms with Crippen molar-refractivity contribution in [1.29, 1.82) is 0 Å². The molecule has 0 aliphatic heterocycles. The number of hydrogen-bond donors (Lipinski definition) is 2. The second-order valence-electron chi connectivity index (χ2n) is 3.33. The Balaban J connectivity index is -0.000000108. The molecule has 27 heavy (non-hydrogen) atoms. The zero-order valence-corrected chi connectivity index (χ0v) is 20.4. The number of aliphatic hydroxyl groups excluding tert-OH is 2. The second-order valence-corrected chi connectivity index (χ2v) is 11.4. The van der Waals surface area contributed by atoms with Crippen LogP contribution >= 0.6 is 53.6 Å². The van der Waals surface area contributed by atoms with Crippen LogP contribution in [0.4, 0.5) is 0 Å². The number of rotatable bonds is 8. The minimum atomic E-state index is -5.61. The van der Waals surface area contributed by atoms with Gasteiger partial charge in [-0.15, -0.1) is 0 Å². The van der Waals surface area contributed by atoms with Crippen LogP contribution in [0.5, 0.6) is 0 Å². The molecule has 2 N–H and O–H groups in total. The molecule has 0 aromatic heterocycles. The number of alkyl halides is 2. The van der Waals surface area contributed by atoms with E-state index in [0.29, 0.717) is 0 Å². The van der Waals surface area contributed by atoms with Crippen molar-refractivity contribution >= 4 is 53.6 Å². The fraction of sp³-hybridized carbons (Fsp3) is 1.00. The van der Waals surface area contributed by atoms with Gasteiger partial charge in [0.25, 0.3) is 0 Å². The van der Waals surface area contributed by atoms with Crippen molar-refractivity contribution < 1.29 is 118 Å². The van der Waals surface area contributed by atoms with Crippen LogP contribution in [-0.4, -0.2) is 33.5 Å². The van der Waals surface area contributed by atoms with Gasteiger partial charge in [-0.25, -0.2) is 0 Å². The van der Waals surface area contributed by atoms with Gasteiger partial charge >= 0.3 is 51.2 Å². The molecule has 4 unspecified atom stereocenters. The van der Waals surface area contributed by atoms with Gasteiger partial charge in [0.2, 0.25) is 0 Å². The van der Waals surface area contributed by atoms with Gasteiger partial charge in [-0.1, -0.05) is 23.2 Å². The molecule has 23 heteroatoms. The summed E-state index contributed by atoms with van der Waals surface area (Å²) in [6.07, 6.45) is 0. The molecule has 0 fully saturated rings. The molecule has 0 saturated heterocycles. The Labute approximate surface area is 194 Å². The fourth-order valence-corrected chi connectivity index (χ4v) is 5.14. The topological polar surface area (TPSA) is 266 Å². The van der Waals surface area contributed by atoms with Crippen molar-refractivity contribution in [2.24, 2.45) is 0 Å². The molecule has 4 atom stereocenters. The van der Waals surface area contributed by atoms with E-state index in [-0.39, 0.29) is 51.2 Å². The van der Waals surface area contributed by atoms with Gasteiger partial charge in [0.15, 0.2) is 15.2 Å². The normalized spacial score (nSPS) is 17.9. The van der Waals surface area contributed by atoms with Crippen molar-refractivity contribution in [3.05, 3.63) is 0 Å². The summed E-state index contributed by atoms with van der Waals surface area (Å²) in [5.74, 6) is 0. The van der Waals surface area contributed by atoms with E-state index in [0.717, 1.165) is 0 Å². The summed E-state index contributed by atoms with van der Waals surface area (Å²) in [5.41, 5.74) is -6.16. The first kappa shape index (κ1) is 40.1. The third-order valence-corrected chi connectivity index (χ3v) is 8.75. The molecule has 0 bridgehead atoms. The van der Waals surface area contributed by atoms with Gasteiger partial charge < -0.3 is 66.9 Å². The maximum Gasteiger partial charge on any atom is 2.00 e. The maximum absolute atomic E-state index is 10.5. The first-order chi connectivity index (χ1) is 10.4. The monoisotopic (exact) mass is 642 g/mol. The maximum atomic E-state index is 10.5. The first-order valence-electron chi connectivity index (χ1n) is 4.85. The van der Waals surface area contributed by atoms with Crippen molar-refractivity contribution in [2.75, 3.05) is 12.1 Å². The van der Waals surface area contributed by atoms with Gasteiger partial charge in [0.05, 0.1) is 0 Å². The van der Waals surface area contributed by atoms with E-state index in [9.17, 15) is 47.6 Å². The molecule has 0 saturated carbocycles. The van der Waals surface area contributed by atoms with Crippen LogP contribution < -0.4 is 29.4 Å². The smallest absolute Gasteiger partial charge is 0.809 e. The van der Waals surface area contributed by atoms with Gasteiger partial charge in [-0.3, -0.25) is 0 Å². The van der Waals surface area contributed by atoms with Gasteiger partial charge in [0.1, 0.15) is 23.3 Å². The van der Waals surface area contributed by atoms with Crippen LogP contribution in [0, 0.1) is 0 Å². The molecule has 0 aliphatic rings. The molecule has 0 heterocycles. The van der Waals surface area contributed by atoms with Gasteiger partial charge in [0, 0.05) is 0 Å². The Morgan fingerprint density at radius 2 is 0.852 bits per heavy atom. The molecule has 14 nitrogen and oxygen atoms in total. The van der Waals surface area contributed by atoms with E-state index >= 15 is 0 Å². The summed E-state index contributed by atoms with van der Waals surface area (Å²) in [7, 11) is -21.5. The summed E-state index contributed by atoms with van der Waals surface area (Å²) < 4.78 is 48.2. The van der Waals surface area contributed by atoms with Crippen LogP contribution in [0.3, 0.4) is 0 Å². The SMILES string of the molecule is O=P([O-])([O-])C(O)P(=O)([O-])OCCl.O=P([O-])([O-])C(O)P(=O)([O-])OCCl.[Fe+2].[Fe+2].[Fe+2]. The van der Waals surface area contributed by atoms with Crippen molar-refractivity contribution in [1.82, 2.24) is 0 Å². The van der Waals surface area contributed by atoms with Crippen molar-refractivity contribution in [3.63, 3.8) is 0 Å². The Morgan fingerprint density at radius 1 is 0.667 bits per heavy atom. The van der Waals surface area contributed by atoms with E-state index in [1.165, 1.54) is 0 Å². The molecule has 0 aromatic rings. The molecule has 0 radical (unpaired) electrons. The first-order valence-corrected chi connectivity index (χ1v) is 12.4. The van der Waals surface area contributed by atoms with Crippen LogP contribution in [0.2, 0.25) is 0 Å². The van der Waals surface area contributed by atoms with Crippen molar-refractivity contribution in [2.45, 2.75) is 11.2 Å². The van der Waals surface area contributed by atoms with Crippen LogP contribution in [0.15, 0.2) is 0 Å². The van der Waals surface area contributed by atoms with E-state index in [1.54, 1.807) is 0 Å². The molecule has 0 amide bonds. The number of aliphatic hydroxyl groups is 2. The quantitative estimate of drug-likeness (QED) is 0.145. The second kappa shape index (κ2) is 16.3. The zero-order chi connectivity index (χ0) is 20.0. The summed E-state index contributed by atoms with van der Waals surface area (Å²) in [4.78, 5) is 60.9. The number of halogens is 2. The van der Waals surface area contributed by atoms with E-state index in [2.05, 4.69) is 9.05 Å². The molecular weight excluding hydrogens is 634 g/mol. The Bertz CT molecular complexity index is 531. The largest absolute Gasteiger partial charge is 2.00 e. The Kier molecular flexibility index (Phi) is 24.2. The van der Waals surface area contributed by atoms with E-state index < -0.39 is 53.7 Å². The zero-order valence-electron chi connectivity index (χ0n) is 12.0. The van der Waals surface area contributed by atoms with Crippen molar-refractivity contribution in [3.8, 4) is 0 Å². The Hall–Kier alpha value is 2.66. The summed E-state index contributed by atoms with van der Waals surface area (Å²) >= 11 is 9.56. The van der Waals surface area contributed by atoms with Gasteiger partial charge in [-0.2, -0.15) is 0 Å². The average molecular weight is 642 g/mol. The predicted octanol–water partition coefficient (Wildman–Crippen LogP) is -4.12. The Morgan fingerprint density at radius 3 is 0.963 bits per heavy atom. The third-order valence-electron chi connectivity index (χ3n) is 1.59. The van der Waals surface area contributed by atoms with Crippen LogP contribution in [0.25, 0.3) is 0 Å². The average Bonchev–Trinajstić information content (AvgIpc) is 2.35. The van der Waals surface area contributed by atoms with E-state index in [1.807, 2.05) is 0 Å². The molecule has 166 valence electrons. The number of hydrogen-bond acceptors (Lipinski definition) is 14. The molecule has 0 aliphatic carbocycles. The molecular formula is C4H8Cl2Fe3O14P4. The molecule has 0 rings (SSSR count). The summed E-state index contributed by atoms with van der Waals surface area (Å²) in [6, 6.07) is -1.73. The summed E-state index contributed by atoms with van der Waals surface area (Å²) in [6.45, 7) is 0. The van der Waals surface area contributed by atoms with E-state index in [4.69, 9.17) is 33.4 Å². The molecule has 0 spiro atoms. The fourth-order valence-electron chi connectivity index (χ4n) is 0.616. The van der Waals surface area contributed by atoms with Crippen LogP contribution in [-0.2, 0) is 78.5 Å². The van der Waals surface area contributed by atoms with Crippen LogP contribution in [0.1, 0.15) is 0 Å². The molecule has 0 aromatic carbocycles. The predicted molar refractivity (Wildman–Crippen MR) is 66.0 cm³/mol. The minimum absolute atomic E-state index is 0. The standard InChI is InChI=1S/2C2H7ClO7P2.3Fe/c2*3-1-10-12(8,9)2(4)11(5,6)7;;;/h2*2,4H,1H2,(H,8,9)(H2,5,6,7);;;/q;;3*+2/p-6.